The summed E-state index contributed by atoms with van der Waals surface area (Å²) >= 11 is 0. The lowest BCUT2D eigenvalue weighted by atomic mass is 9.95. The lowest BCUT2D eigenvalue weighted by Gasteiger charge is -2.20. The molecule has 0 bridgehead atoms. The molecule has 0 saturated carbocycles. The van der Waals surface area contributed by atoms with Gasteiger partial charge in [0, 0.05) is 11.1 Å². The fourth-order valence-electron chi connectivity index (χ4n) is 2.46. The zero-order valence-electron chi connectivity index (χ0n) is 14.7. The van der Waals surface area contributed by atoms with Crippen LogP contribution in [0.25, 0.3) is 0 Å². The second-order valence-electron chi connectivity index (χ2n) is 6.60. The van der Waals surface area contributed by atoms with Crippen LogP contribution in [0.15, 0.2) is 6.07 Å². The predicted molar refractivity (Wildman–Crippen MR) is 89.6 cm³/mol. The molecule has 0 amide bonds. The first-order chi connectivity index (χ1) is 10.8. The number of aromatic hydroxyl groups is 1. The van der Waals surface area contributed by atoms with Crippen molar-refractivity contribution in [3.05, 3.63) is 17.2 Å². The lowest BCUT2D eigenvalue weighted by Crippen LogP contribution is -2.10. The van der Waals surface area contributed by atoms with E-state index in [1.807, 2.05) is 40.7 Å². The molecule has 0 aromatic heterocycles. The molecule has 2 N–H and O–H groups in total. The Bertz CT molecular complexity index is 535. The van der Waals surface area contributed by atoms with Gasteiger partial charge in [-0.05, 0) is 37.2 Å². The van der Waals surface area contributed by atoms with Crippen LogP contribution in [0.4, 0.5) is 4.79 Å². The summed E-state index contributed by atoms with van der Waals surface area (Å²) < 4.78 is 10.7. The second-order valence-corrected chi connectivity index (χ2v) is 6.60. The van der Waals surface area contributed by atoms with E-state index in [1.165, 1.54) is 0 Å². The first kappa shape index (κ1) is 19.1. The molecule has 1 aromatic rings. The van der Waals surface area contributed by atoms with Crippen molar-refractivity contribution in [2.75, 3.05) is 6.61 Å². The van der Waals surface area contributed by atoms with E-state index in [-0.39, 0.29) is 11.5 Å². The highest BCUT2D eigenvalue weighted by molar-refractivity contribution is 5.67. The van der Waals surface area contributed by atoms with Crippen molar-refractivity contribution in [2.24, 2.45) is 11.8 Å². The molecule has 0 aliphatic carbocycles. The van der Waals surface area contributed by atoms with E-state index in [0.717, 1.165) is 6.42 Å². The van der Waals surface area contributed by atoms with Crippen LogP contribution in [0.5, 0.6) is 17.2 Å². The van der Waals surface area contributed by atoms with E-state index in [1.54, 1.807) is 0 Å². The van der Waals surface area contributed by atoms with Gasteiger partial charge in [-0.2, -0.15) is 0 Å². The van der Waals surface area contributed by atoms with Gasteiger partial charge in [0.2, 0.25) is 0 Å². The van der Waals surface area contributed by atoms with Gasteiger partial charge in [-0.25, -0.2) is 4.79 Å². The molecule has 0 fully saturated rings. The Morgan fingerprint density at radius 2 is 1.78 bits per heavy atom. The molecule has 0 aliphatic heterocycles. The number of benzene rings is 1. The number of carbonyl (C=O) groups is 1. The van der Waals surface area contributed by atoms with Crippen LogP contribution in [0.2, 0.25) is 0 Å². The third-order valence-corrected chi connectivity index (χ3v) is 3.29. The van der Waals surface area contributed by atoms with Crippen LogP contribution >= 0.6 is 0 Å². The number of rotatable bonds is 8. The molecular weight excluding hydrogens is 296 g/mol. The molecule has 23 heavy (non-hydrogen) atoms. The zero-order valence-corrected chi connectivity index (χ0v) is 14.7. The Morgan fingerprint density at radius 3 is 2.26 bits per heavy atom. The number of ether oxygens (including phenoxy) is 2. The number of hydrogen-bond donors (Lipinski definition) is 2. The molecule has 0 atom stereocenters. The highest BCUT2D eigenvalue weighted by Gasteiger charge is 2.23. The molecule has 5 heteroatoms. The van der Waals surface area contributed by atoms with Crippen LogP contribution in [0, 0.1) is 11.8 Å². The molecule has 0 spiro atoms. The Morgan fingerprint density at radius 1 is 1.17 bits per heavy atom. The maximum absolute atomic E-state index is 11.0. The Balaban J connectivity index is 3.42. The standard InChI is InChI=1S/C18H28O5/c1-6-7-22-15-10-13(8-11(2)3)17(23-18(20)21)16(19)14(15)9-12(4)5/h10-12,19H,6-9H2,1-5H3,(H,20,21). The van der Waals surface area contributed by atoms with Gasteiger partial charge in [0.15, 0.2) is 11.5 Å². The first-order valence-corrected chi connectivity index (χ1v) is 8.17. The lowest BCUT2D eigenvalue weighted by molar-refractivity contribution is 0.142. The van der Waals surface area contributed by atoms with Crippen molar-refractivity contribution in [3.63, 3.8) is 0 Å². The molecule has 0 aliphatic rings. The third kappa shape index (κ3) is 5.66. The van der Waals surface area contributed by atoms with Crippen LogP contribution in [-0.4, -0.2) is 23.0 Å². The predicted octanol–water partition coefficient (Wildman–Crippen LogP) is 4.63. The maximum atomic E-state index is 11.0. The highest BCUT2D eigenvalue weighted by atomic mass is 16.7. The minimum Gasteiger partial charge on any atom is -0.504 e. The number of hydrogen-bond acceptors (Lipinski definition) is 4. The highest BCUT2D eigenvalue weighted by Crippen LogP contribution is 2.42. The summed E-state index contributed by atoms with van der Waals surface area (Å²) in [6, 6.07) is 1.81. The van der Waals surface area contributed by atoms with Crippen LogP contribution in [0.1, 0.15) is 52.2 Å². The fourth-order valence-corrected chi connectivity index (χ4v) is 2.46. The summed E-state index contributed by atoms with van der Waals surface area (Å²) in [5, 5.41) is 19.6. The average Bonchev–Trinajstić information content (AvgIpc) is 2.43. The van der Waals surface area contributed by atoms with Crippen molar-refractivity contribution in [1.29, 1.82) is 0 Å². The van der Waals surface area contributed by atoms with Gasteiger partial charge in [0.25, 0.3) is 0 Å². The summed E-state index contributed by atoms with van der Waals surface area (Å²) in [4.78, 5) is 11.0. The molecule has 1 aromatic carbocycles. The van der Waals surface area contributed by atoms with Crippen molar-refractivity contribution in [2.45, 2.75) is 53.9 Å². The van der Waals surface area contributed by atoms with E-state index >= 15 is 0 Å². The summed E-state index contributed by atoms with van der Waals surface area (Å²) in [5.74, 6) is 1.11. The van der Waals surface area contributed by atoms with Gasteiger partial charge in [0.05, 0.1) is 6.61 Å². The van der Waals surface area contributed by atoms with Gasteiger partial charge in [0.1, 0.15) is 5.75 Å². The van der Waals surface area contributed by atoms with Gasteiger partial charge in [-0.1, -0.05) is 34.6 Å². The van der Waals surface area contributed by atoms with E-state index in [0.29, 0.717) is 48.2 Å². The van der Waals surface area contributed by atoms with Gasteiger partial charge >= 0.3 is 6.16 Å². The summed E-state index contributed by atoms with van der Waals surface area (Å²) in [7, 11) is 0. The van der Waals surface area contributed by atoms with E-state index in [2.05, 4.69) is 0 Å². The topological polar surface area (TPSA) is 76.0 Å². The second kappa shape index (κ2) is 8.65. The molecule has 1 rings (SSSR count). The van der Waals surface area contributed by atoms with Crippen LogP contribution in [0.3, 0.4) is 0 Å². The summed E-state index contributed by atoms with van der Waals surface area (Å²) in [6.45, 7) is 10.7. The molecule has 0 saturated heterocycles. The quantitative estimate of drug-likeness (QED) is 0.538. The van der Waals surface area contributed by atoms with Gasteiger partial charge in [-0.15, -0.1) is 0 Å². The molecule has 0 unspecified atom stereocenters. The van der Waals surface area contributed by atoms with Crippen LogP contribution < -0.4 is 9.47 Å². The molecule has 0 radical (unpaired) electrons. The van der Waals surface area contributed by atoms with E-state index in [9.17, 15) is 9.90 Å². The van der Waals surface area contributed by atoms with Gasteiger partial charge < -0.3 is 19.7 Å². The van der Waals surface area contributed by atoms with Gasteiger partial charge in [-0.3, -0.25) is 0 Å². The minimum absolute atomic E-state index is 0.0331. The normalized spacial score (nSPS) is 11.1. The molecular formula is C18H28O5. The summed E-state index contributed by atoms with van der Waals surface area (Å²) in [6.07, 6.45) is 0.612. The van der Waals surface area contributed by atoms with Crippen molar-refractivity contribution >= 4 is 6.16 Å². The Labute approximate surface area is 138 Å². The zero-order chi connectivity index (χ0) is 17.6. The number of carboxylic acid groups (broad SMARTS) is 1. The first-order valence-electron chi connectivity index (χ1n) is 8.17. The largest absolute Gasteiger partial charge is 0.511 e. The van der Waals surface area contributed by atoms with E-state index in [4.69, 9.17) is 14.6 Å². The SMILES string of the molecule is CCCOc1cc(CC(C)C)c(OC(=O)O)c(O)c1CC(C)C. The third-order valence-electron chi connectivity index (χ3n) is 3.29. The number of phenols is 1. The monoisotopic (exact) mass is 324 g/mol. The summed E-state index contributed by atoms with van der Waals surface area (Å²) in [5.41, 5.74) is 1.26. The minimum atomic E-state index is -1.43. The van der Waals surface area contributed by atoms with E-state index < -0.39 is 6.16 Å². The Hall–Kier alpha value is -1.91. The molecule has 0 heterocycles. The van der Waals surface area contributed by atoms with Crippen molar-refractivity contribution in [3.8, 4) is 17.2 Å². The number of phenolic OH excluding ortho intramolecular Hbond substituents is 1. The van der Waals surface area contributed by atoms with Crippen molar-refractivity contribution < 1.29 is 24.5 Å². The average molecular weight is 324 g/mol. The smallest absolute Gasteiger partial charge is 0.504 e. The van der Waals surface area contributed by atoms with Crippen molar-refractivity contribution in [1.82, 2.24) is 0 Å². The molecule has 5 nitrogen and oxygen atoms in total. The maximum Gasteiger partial charge on any atom is 0.511 e. The fraction of sp³-hybridized carbons (Fsp3) is 0.611. The Kier molecular flexibility index (Phi) is 7.20. The van der Waals surface area contributed by atoms with Crippen LogP contribution in [-0.2, 0) is 12.8 Å². The molecule has 130 valence electrons.